The molecule has 2 atom stereocenters. The highest BCUT2D eigenvalue weighted by Crippen LogP contribution is 2.28. The normalized spacial score (nSPS) is 26.1. The van der Waals surface area contributed by atoms with Gasteiger partial charge in [-0.15, -0.1) is 0 Å². The topological polar surface area (TPSA) is 50.3 Å². The van der Waals surface area contributed by atoms with Gasteiger partial charge in [0.25, 0.3) is 0 Å². The van der Waals surface area contributed by atoms with Gasteiger partial charge in [0.2, 0.25) is 5.88 Å². The molecule has 3 heterocycles. The first-order valence-corrected chi connectivity index (χ1v) is 7.80. The molecule has 20 heavy (non-hydrogen) atoms. The van der Waals surface area contributed by atoms with Crippen molar-refractivity contribution in [3.8, 4) is 5.88 Å². The molecule has 2 unspecified atom stereocenters. The van der Waals surface area contributed by atoms with Crippen LogP contribution in [-0.2, 0) is 0 Å². The molecule has 0 aromatic carbocycles. The Balaban J connectivity index is 1.66. The number of hydrogen-bond acceptors (Lipinski definition) is 5. The molecule has 1 N–H and O–H groups in total. The molecule has 0 saturated carbocycles. The summed E-state index contributed by atoms with van der Waals surface area (Å²) in [4.78, 5) is 11.0. The van der Waals surface area contributed by atoms with Crippen LogP contribution in [0.15, 0.2) is 12.4 Å². The lowest BCUT2D eigenvalue weighted by molar-refractivity contribution is 0.243. The Morgan fingerprint density at radius 3 is 3.25 bits per heavy atom. The van der Waals surface area contributed by atoms with E-state index in [-0.39, 0.29) is 0 Å². The van der Waals surface area contributed by atoms with E-state index in [4.69, 9.17) is 4.74 Å². The van der Waals surface area contributed by atoms with Crippen molar-refractivity contribution in [3.05, 3.63) is 12.4 Å². The zero-order chi connectivity index (χ0) is 13.8. The van der Waals surface area contributed by atoms with Crippen molar-refractivity contribution in [3.63, 3.8) is 0 Å². The minimum Gasteiger partial charge on any atom is -0.478 e. The van der Waals surface area contributed by atoms with Crippen LogP contribution in [0.4, 0.5) is 5.82 Å². The number of ether oxygens (including phenoxy) is 1. The van der Waals surface area contributed by atoms with Crippen LogP contribution < -0.4 is 15.0 Å². The van der Waals surface area contributed by atoms with Crippen LogP contribution in [0.5, 0.6) is 5.88 Å². The highest BCUT2D eigenvalue weighted by Gasteiger charge is 2.31. The van der Waals surface area contributed by atoms with Crippen molar-refractivity contribution in [2.75, 3.05) is 31.1 Å². The van der Waals surface area contributed by atoms with Crippen molar-refractivity contribution in [2.45, 2.75) is 38.6 Å². The SMILES string of the molecule is CCCOc1cc(N2CCC3NCCCC3C2)ncn1. The Morgan fingerprint density at radius 2 is 2.35 bits per heavy atom. The van der Waals surface area contributed by atoms with Gasteiger partial charge in [-0.1, -0.05) is 6.92 Å². The van der Waals surface area contributed by atoms with E-state index in [0.717, 1.165) is 31.2 Å². The number of piperidine rings is 2. The highest BCUT2D eigenvalue weighted by atomic mass is 16.5. The maximum Gasteiger partial charge on any atom is 0.218 e. The van der Waals surface area contributed by atoms with Gasteiger partial charge in [0, 0.05) is 25.2 Å². The van der Waals surface area contributed by atoms with Gasteiger partial charge in [-0.2, -0.15) is 0 Å². The van der Waals surface area contributed by atoms with Gasteiger partial charge in [0.05, 0.1) is 6.61 Å². The predicted octanol–water partition coefficient (Wildman–Crippen LogP) is 1.84. The van der Waals surface area contributed by atoms with Crippen LogP contribution in [0.3, 0.4) is 0 Å². The van der Waals surface area contributed by atoms with Crippen LogP contribution in [0.25, 0.3) is 0 Å². The molecule has 5 nitrogen and oxygen atoms in total. The minimum atomic E-state index is 0.695. The van der Waals surface area contributed by atoms with E-state index in [1.807, 2.05) is 6.07 Å². The Bertz CT molecular complexity index is 440. The monoisotopic (exact) mass is 276 g/mol. The van der Waals surface area contributed by atoms with Gasteiger partial charge in [-0.25, -0.2) is 9.97 Å². The third kappa shape index (κ3) is 3.03. The summed E-state index contributed by atoms with van der Waals surface area (Å²) in [6, 6.07) is 2.68. The van der Waals surface area contributed by atoms with Crippen molar-refractivity contribution in [1.29, 1.82) is 0 Å². The van der Waals surface area contributed by atoms with Gasteiger partial charge in [-0.3, -0.25) is 0 Å². The standard InChI is InChI=1S/C15H24N4O/c1-2-8-20-15-9-14(17-11-18-15)19-7-5-13-12(10-19)4-3-6-16-13/h9,11-13,16H,2-8,10H2,1H3. The van der Waals surface area contributed by atoms with Crippen molar-refractivity contribution in [1.82, 2.24) is 15.3 Å². The fourth-order valence-corrected chi connectivity index (χ4v) is 3.24. The number of fused-ring (bicyclic) bond motifs is 1. The number of anilines is 1. The van der Waals surface area contributed by atoms with Gasteiger partial charge < -0.3 is 15.0 Å². The fourth-order valence-electron chi connectivity index (χ4n) is 3.24. The average molecular weight is 276 g/mol. The molecule has 1 aromatic heterocycles. The maximum absolute atomic E-state index is 5.60. The first-order valence-electron chi connectivity index (χ1n) is 7.80. The van der Waals surface area contributed by atoms with E-state index in [1.165, 1.54) is 25.8 Å². The quantitative estimate of drug-likeness (QED) is 0.909. The second-order valence-electron chi connectivity index (χ2n) is 5.76. The molecule has 2 aliphatic heterocycles. The van der Waals surface area contributed by atoms with Crippen molar-refractivity contribution < 1.29 is 4.74 Å². The molecule has 0 amide bonds. The lowest BCUT2D eigenvalue weighted by Crippen LogP contribution is -2.52. The Morgan fingerprint density at radius 1 is 1.40 bits per heavy atom. The smallest absolute Gasteiger partial charge is 0.218 e. The van der Waals surface area contributed by atoms with Crippen LogP contribution in [0.2, 0.25) is 0 Å². The number of aromatic nitrogens is 2. The van der Waals surface area contributed by atoms with Crippen molar-refractivity contribution in [2.24, 2.45) is 5.92 Å². The van der Waals surface area contributed by atoms with Crippen LogP contribution in [-0.4, -0.2) is 42.3 Å². The Kier molecular flexibility index (Phi) is 4.35. The summed E-state index contributed by atoms with van der Waals surface area (Å²) in [5.74, 6) is 2.46. The van der Waals surface area contributed by atoms with Crippen LogP contribution in [0.1, 0.15) is 32.6 Å². The third-order valence-corrected chi connectivity index (χ3v) is 4.30. The molecule has 0 radical (unpaired) electrons. The number of rotatable bonds is 4. The molecule has 0 aliphatic carbocycles. The molecule has 5 heteroatoms. The van der Waals surface area contributed by atoms with Gasteiger partial charge >= 0.3 is 0 Å². The summed E-state index contributed by atoms with van der Waals surface area (Å²) < 4.78 is 5.60. The van der Waals surface area contributed by atoms with E-state index in [9.17, 15) is 0 Å². The second kappa shape index (κ2) is 6.39. The summed E-state index contributed by atoms with van der Waals surface area (Å²) in [5.41, 5.74) is 0. The molecule has 110 valence electrons. The maximum atomic E-state index is 5.60. The first kappa shape index (κ1) is 13.6. The third-order valence-electron chi connectivity index (χ3n) is 4.30. The van der Waals surface area contributed by atoms with E-state index in [2.05, 4.69) is 27.1 Å². The summed E-state index contributed by atoms with van der Waals surface area (Å²) in [6.07, 6.45) is 6.45. The number of nitrogens with zero attached hydrogens (tertiary/aromatic N) is 3. The molecule has 2 saturated heterocycles. The molecule has 0 bridgehead atoms. The second-order valence-corrected chi connectivity index (χ2v) is 5.76. The largest absolute Gasteiger partial charge is 0.478 e. The van der Waals surface area contributed by atoms with E-state index >= 15 is 0 Å². The minimum absolute atomic E-state index is 0.695. The zero-order valence-electron chi connectivity index (χ0n) is 12.2. The molecule has 1 aromatic rings. The fraction of sp³-hybridized carbons (Fsp3) is 0.733. The molecule has 2 aliphatic rings. The highest BCUT2D eigenvalue weighted by molar-refractivity contribution is 5.41. The van der Waals surface area contributed by atoms with E-state index in [1.54, 1.807) is 6.33 Å². The summed E-state index contributed by atoms with van der Waals surface area (Å²) >= 11 is 0. The lowest BCUT2D eigenvalue weighted by atomic mass is 9.85. The van der Waals surface area contributed by atoms with Crippen LogP contribution in [0, 0.1) is 5.92 Å². The predicted molar refractivity (Wildman–Crippen MR) is 79.2 cm³/mol. The molecule has 2 fully saturated rings. The molecular formula is C15H24N4O. The zero-order valence-corrected chi connectivity index (χ0v) is 12.2. The molecule has 3 rings (SSSR count). The van der Waals surface area contributed by atoms with E-state index < -0.39 is 0 Å². The first-order chi connectivity index (χ1) is 9.86. The van der Waals surface area contributed by atoms with Gasteiger partial charge in [0.15, 0.2) is 0 Å². The van der Waals surface area contributed by atoms with Gasteiger partial charge in [-0.05, 0) is 38.1 Å². The van der Waals surface area contributed by atoms with Crippen molar-refractivity contribution >= 4 is 5.82 Å². The summed E-state index contributed by atoms with van der Waals surface area (Å²) in [5, 5.41) is 3.65. The molecular weight excluding hydrogens is 252 g/mol. The number of hydrogen-bond donors (Lipinski definition) is 1. The van der Waals surface area contributed by atoms with E-state index in [0.29, 0.717) is 18.5 Å². The Labute approximate surface area is 120 Å². The summed E-state index contributed by atoms with van der Waals surface area (Å²) in [6.45, 7) is 6.16. The molecule has 0 spiro atoms. The van der Waals surface area contributed by atoms with Gasteiger partial charge in [0.1, 0.15) is 12.1 Å². The Hall–Kier alpha value is -1.36. The average Bonchev–Trinajstić information content (AvgIpc) is 2.53. The number of nitrogens with one attached hydrogen (secondary N) is 1. The summed E-state index contributed by atoms with van der Waals surface area (Å²) in [7, 11) is 0. The van der Waals surface area contributed by atoms with Crippen LogP contribution >= 0.6 is 0 Å². The lowest BCUT2D eigenvalue weighted by Gasteiger charge is -2.42.